The Morgan fingerprint density at radius 2 is 1.93 bits per heavy atom. The molecule has 0 saturated heterocycles. The van der Waals surface area contributed by atoms with Gasteiger partial charge in [0, 0.05) is 58.7 Å². The third-order valence-corrected chi connectivity index (χ3v) is 13.9. The Bertz CT molecular complexity index is 2380. The van der Waals surface area contributed by atoms with E-state index in [9.17, 15) is 15.0 Å². The number of dihydropyridines is 1. The minimum atomic E-state index is -0.598. The fraction of sp³-hybridized carbons (Fsp3) is 0.449. The topological polar surface area (TPSA) is 145 Å². The fourth-order valence-electron chi connectivity index (χ4n) is 11.4. The summed E-state index contributed by atoms with van der Waals surface area (Å²) in [7, 11) is 1.65. The van der Waals surface area contributed by atoms with Gasteiger partial charge in [-0.25, -0.2) is 0 Å². The van der Waals surface area contributed by atoms with E-state index in [0.717, 1.165) is 100 Å². The molecule has 3 aromatic carbocycles. The SMILES string of the molecule is COc1cc(O)cc2c1-c1ccc3c4c1C1(CCC(CC5=C(C#CCc6cc(O)c7c(c6C(O4)C3COC(C)=O)C=CC(NC3CCCCC3)CO7)NC(N)C=C5)C1)C2. The van der Waals surface area contributed by atoms with Crippen molar-refractivity contribution in [2.45, 2.75) is 113 Å². The minimum absolute atomic E-state index is 0.0437. The smallest absolute Gasteiger partial charge is 0.302 e. The van der Waals surface area contributed by atoms with Crippen LogP contribution in [0.4, 0.5) is 0 Å². The number of hydrogen-bond acceptors (Lipinski definition) is 10. The van der Waals surface area contributed by atoms with Gasteiger partial charge in [-0.15, -0.1) is 0 Å². The number of nitrogens with one attached hydrogen (secondary N) is 2. The number of rotatable bonds is 5. The van der Waals surface area contributed by atoms with E-state index in [1.165, 1.54) is 26.2 Å². The van der Waals surface area contributed by atoms with Gasteiger partial charge in [0.1, 0.15) is 36.6 Å². The molecule has 1 spiro atoms. The van der Waals surface area contributed by atoms with E-state index in [4.69, 9.17) is 24.7 Å². The van der Waals surface area contributed by atoms with Crippen molar-refractivity contribution in [2.75, 3.05) is 20.3 Å². The number of esters is 1. The van der Waals surface area contributed by atoms with Crippen LogP contribution in [0.5, 0.6) is 28.7 Å². The van der Waals surface area contributed by atoms with E-state index in [2.05, 4.69) is 52.8 Å². The van der Waals surface area contributed by atoms with Crippen LogP contribution in [-0.4, -0.2) is 54.8 Å². The van der Waals surface area contributed by atoms with Crippen LogP contribution >= 0.6 is 0 Å². The van der Waals surface area contributed by atoms with Crippen molar-refractivity contribution < 1.29 is 34.0 Å². The summed E-state index contributed by atoms with van der Waals surface area (Å²) in [4.78, 5) is 12.6. The molecule has 6 unspecified atom stereocenters. The maximum atomic E-state index is 12.6. The van der Waals surface area contributed by atoms with Gasteiger partial charge in [-0.2, -0.15) is 0 Å². The second-order valence-electron chi connectivity index (χ2n) is 17.7. The largest absolute Gasteiger partial charge is 0.508 e. The molecule has 4 heterocycles. The first-order valence-electron chi connectivity index (χ1n) is 21.4. The molecule has 59 heavy (non-hydrogen) atoms. The van der Waals surface area contributed by atoms with Gasteiger partial charge >= 0.3 is 5.97 Å². The Morgan fingerprint density at radius 1 is 1.07 bits per heavy atom. The predicted molar refractivity (Wildman–Crippen MR) is 225 cm³/mol. The quantitative estimate of drug-likeness (QED) is 0.130. The highest BCUT2D eigenvalue weighted by molar-refractivity contribution is 5.84. The lowest BCUT2D eigenvalue weighted by atomic mass is 9.65. The number of carbonyl (C=O) groups is 1. The summed E-state index contributed by atoms with van der Waals surface area (Å²) in [5, 5.41) is 29.9. The van der Waals surface area contributed by atoms with E-state index < -0.39 is 6.10 Å². The summed E-state index contributed by atoms with van der Waals surface area (Å²) >= 11 is 0. The van der Waals surface area contributed by atoms with E-state index in [1.54, 1.807) is 19.2 Å². The summed E-state index contributed by atoms with van der Waals surface area (Å²) in [5.74, 6) is 8.63. The molecule has 306 valence electrons. The Kier molecular flexibility index (Phi) is 9.64. The van der Waals surface area contributed by atoms with E-state index in [0.29, 0.717) is 42.9 Å². The molecule has 4 bridgehead atoms. The highest BCUT2D eigenvalue weighted by Gasteiger charge is 2.51. The average molecular weight is 796 g/mol. The number of methoxy groups -OCH3 is 1. The molecule has 7 aliphatic rings. The molecule has 10 rings (SSSR count). The van der Waals surface area contributed by atoms with Gasteiger partial charge in [-0.05, 0) is 97.3 Å². The Labute approximate surface area is 345 Å². The number of allylic oxidation sites excluding steroid dienone is 3. The Morgan fingerprint density at radius 3 is 2.76 bits per heavy atom. The van der Waals surface area contributed by atoms with Crippen molar-refractivity contribution >= 4 is 12.0 Å². The summed E-state index contributed by atoms with van der Waals surface area (Å²) in [6.45, 7) is 1.92. The normalized spacial score (nSPS) is 27.5. The van der Waals surface area contributed by atoms with Gasteiger partial charge in [0.05, 0.1) is 30.9 Å². The molecule has 4 aliphatic heterocycles. The van der Waals surface area contributed by atoms with Crippen LogP contribution in [0.1, 0.15) is 110 Å². The highest BCUT2D eigenvalue weighted by Crippen LogP contribution is 2.63. The number of fused-ring (bicyclic) bond motifs is 8. The van der Waals surface area contributed by atoms with Crippen molar-refractivity contribution in [3.63, 3.8) is 0 Å². The zero-order chi connectivity index (χ0) is 40.4. The molecule has 0 aromatic heterocycles. The maximum Gasteiger partial charge on any atom is 0.302 e. The number of benzene rings is 3. The molecular formula is C49H53N3O7. The second kappa shape index (κ2) is 15.0. The predicted octanol–water partition coefficient (Wildman–Crippen LogP) is 7.49. The van der Waals surface area contributed by atoms with Crippen LogP contribution in [0.2, 0.25) is 0 Å². The monoisotopic (exact) mass is 795 g/mol. The minimum Gasteiger partial charge on any atom is -0.508 e. The van der Waals surface area contributed by atoms with Crippen molar-refractivity contribution in [3.8, 4) is 51.7 Å². The zero-order valence-electron chi connectivity index (χ0n) is 33.9. The number of nitrogens with two attached hydrogens (primary N) is 1. The summed E-state index contributed by atoms with van der Waals surface area (Å²) in [5.41, 5.74) is 15.7. The first-order valence-corrected chi connectivity index (χ1v) is 21.4. The Balaban J connectivity index is 1.19. The van der Waals surface area contributed by atoms with Crippen molar-refractivity contribution in [1.29, 1.82) is 0 Å². The molecule has 2 fully saturated rings. The molecule has 0 amide bonds. The lowest BCUT2D eigenvalue weighted by Gasteiger charge is -2.39. The molecule has 6 N–H and O–H groups in total. The molecule has 3 aliphatic carbocycles. The Hall–Kier alpha value is -5.37. The molecule has 2 saturated carbocycles. The first-order chi connectivity index (χ1) is 28.7. The molecule has 3 aromatic rings. The van der Waals surface area contributed by atoms with Gasteiger partial charge in [0.2, 0.25) is 0 Å². The molecule has 6 atom stereocenters. The molecular weight excluding hydrogens is 743 g/mol. The van der Waals surface area contributed by atoms with Gasteiger partial charge < -0.3 is 45.5 Å². The third kappa shape index (κ3) is 6.73. The van der Waals surface area contributed by atoms with Crippen molar-refractivity contribution in [3.05, 3.63) is 93.2 Å². The molecule has 0 radical (unpaired) electrons. The van der Waals surface area contributed by atoms with Crippen molar-refractivity contribution in [2.24, 2.45) is 11.7 Å². The number of carbonyl (C=O) groups excluding carboxylic acids is 1. The third-order valence-electron chi connectivity index (χ3n) is 13.9. The first kappa shape index (κ1) is 37.9. The number of phenolic OH excluding ortho intramolecular Hbond substituents is 2. The van der Waals surface area contributed by atoms with Crippen LogP contribution in [0.25, 0.3) is 17.2 Å². The molecule has 10 heteroatoms. The van der Waals surface area contributed by atoms with Gasteiger partial charge in [0.15, 0.2) is 11.5 Å². The van der Waals surface area contributed by atoms with E-state index >= 15 is 0 Å². The zero-order valence-corrected chi connectivity index (χ0v) is 33.9. The van der Waals surface area contributed by atoms with Gasteiger partial charge in [0.25, 0.3) is 0 Å². The summed E-state index contributed by atoms with van der Waals surface area (Å²) in [6.07, 6.45) is 18.1. The summed E-state index contributed by atoms with van der Waals surface area (Å²) in [6, 6.07) is 10.0. The van der Waals surface area contributed by atoms with Crippen LogP contribution < -0.4 is 30.6 Å². The fourth-order valence-corrected chi connectivity index (χ4v) is 11.4. The second-order valence-corrected chi connectivity index (χ2v) is 17.7. The number of phenols is 2. The van der Waals surface area contributed by atoms with E-state index in [-0.39, 0.29) is 47.6 Å². The van der Waals surface area contributed by atoms with Crippen LogP contribution in [0.3, 0.4) is 0 Å². The van der Waals surface area contributed by atoms with Crippen molar-refractivity contribution in [1.82, 2.24) is 10.6 Å². The van der Waals surface area contributed by atoms with E-state index in [1.807, 2.05) is 12.1 Å². The standard InChI is InChI=1S/C49H53N3O7/c1-27(53)57-26-38-35-14-15-36-43-31(20-34(54)22-41(43)56-2)24-49-18-17-28(23-49)19-29-11-16-42(50)52-39(29)10-6-7-30-21-40(55)46-37(44(30)47(38)59-48(35)45(36)49)13-12-33(25-58-46)51-32-8-4-3-5-9-32/h11-16,20-22,28,32-33,38,42,47,51-52,54-55H,3-5,7-9,17-19,23-26,50H2,1-2H3. The van der Waals surface area contributed by atoms with Crippen LogP contribution in [-0.2, 0) is 27.8 Å². The number of ether oxygens (including phenoxy) is 4. The van der Waals surface area contributed by atoms with Gasteiger partial charge in [-0.1, -0.05) is 55.5 Å². The van der Waals surface area contributed by atoms with Crippen LogP contribution in [0.15, 0.2) is 59.8 Å². The van der Waals surface area contributed by atoms with Gasteiger partial charge in [-0.3, -0.25) is 4.79 Å². The lowest BCUT2D eigenvalue weighted by molar-refractivity contribution is -0.141. The number of hydrogen-bond donors (Lipinski definition) is 5. The highest BCUT2D eigenvalue weighted by atomic mass is 16.5. The average Bonchev–Trinajstić information content (AvgIpc) is 3.71. The molecule has 10 nitrogen and oxygen atoms in total. The lowest BCUT2D eigenvalue weighted by Crippen LogP contribution is -2.41. The number of aromatic hydroxyl groups is 2. The summed E-state index contributed by atoms with van der Waals surface area (Å²) < 4.78 is 25.9. The maximum absolute atomic E-state index is 12.6. The van der Waals surface area contributed by atoms with Crippen LogP contribution in [0, 0.1) is 17.8 Å².